The number of nitriles is 1. The highest BCUT2D eigenvalue weighted by molar-refractivity contribution is 6.21. The topological polar surface area (TPSA) is 63.0 Å². The molecule has 1 aromatic heterocycles. The Bertz CT molecular complexity index is 700. The summed E-state index contributed by atoms with van der Waals surface area (Å²) in [6, 6.07) is 12.7. The van der Waals surface area contributed by atoms with Crippen LogP contribution in [-0.4, -0.2) is 17.6 Å². The van der Waals surface area contributed by atoms with Crippen LogP contribution in [0.2, 0.25) is 0 Å². The molecule has 0 aliphatic carbocycles. The van der Waals surface area contributed by atoms with Crippen LogP contribution in [0.3, 0.4) is 0 Å². The molecule has 21 heavy (non-hydrogen) atoms. The lowest BCUT2D eigenvalue weighted by Gasteiger charge is -2.07. The SMILES string of the molecule is CCOC(=O)C(=Cc1cccc(C#N)c1)c1cccnc1. The molecule has 0 N–H and O–H groups in total. The Hall–Kier alpha value is -2.93. The fourth-order valence-corrected chi connectivity index (χ4v) is 1.86. The Morgan fingerprint density at radius 2 is 2.24 bits per heavy atom. The van der Waals surface area contributed by atoms with E-state index in [4.69, 9.17) is 10.00 Å². The van der Waals surface area contributed by atoms with Crippen molar-refractivity contribution in [2.24, 2.45) is 0 Å². The second kappa shape index (κ2) is 7.01. The molecule has 2 rings (SSSR count). The molecule has 0 saturated carbocycles. The lowest BCUT2D eigenvalue weighted by atomic mass is 10.0. The number of nitrogens with zero attached hydrogens (tertiary/aromatic N) is 2. The quantitative estimate of drug-likeness (QED) is 0.637. The monoisotopic (exact) mass is 278 g/mol. The van der Waals surface area contributed by atoms with E-state index >= 15 is 0 Å². The molecule has 0 atom stereocenters. The van der Waals surface area contributed by atoms with Gasteiger partial charge in [-0.1, -0.05) is 18.2 Å². The molecule has 0 unspecified atom stereocenters. The van der Waals surface area contributed by atoms with Gasteiger partial charge in [0, 0.05) is 18.0 Å². The van der Waals surface area contributed by atoms with Crippen molar-refractivity contribution in [3.05, 3.63) is 65.5 Å². The number of benzene rings is 1. The highest BCUT2D eigenvalue weighted by atomic mass is 16.5. The largest absolute Gasteiger partial charge is 0.462 e. The molecule has 1 aromatic carbocycles. The van der Waals surface area contributed by atoms with E-state index in [2.05, 4.69) is 11.1 Å². The number of pyridine rings is 1. The maximum Gasteiger partial charge on any atom is 0.338 e. The zero-order valence-corrected chi connectivity index (χ0v) is 11.6. The summed E-state index contributed by atoms with van der Waals surface area (Å²) in [5.74, 6) is -0.409. The predicted molar refractivity (Wildman–Crippen MR) is 79.9 cm³/mol. The standard InChI is InChI=1S/C17H14N2O2/c1-2-21-17(20)16(15-7-4-8-19-12-15)10-13-5-3-6-14(9-13)11-18/h3-10,12H,2H2,1H3. The summed E-state index contributed by atoms with van der Waals surface area (Å²) in [7, 11) is 0. The molecule has 2 aromatic rings. The molecular weight excluding hydrogens is 264 g/mol. The van der Waals surface area contributed by atoms with Crippen LogP contribution in [0.5, 0.6) is 0 Å². The van der Waals surface area contributed by atoms with Crippen LogP contribution in [0.25, 0.3) is 11.6 Å². The van der Waals surface area contributed by atoms with Crippen molar-refractivity contribution in [3.8, 4) is 6.07 Å². The molecule has 0 bridgehead atoms. The summed E-state index contributed by atoms with van der Waals surface area (Å²) < 4.78 is 5.09. The Morgan fingerprint density at radius 1 is 1.38 bits per heavy atom. The average Bonchev–Trinajstić information content (AvgIpc) is 2.54. The molecule has 4 heteroatoms. The highest BCUT2D eigenvalue weighted by Crippen LogP contribution is 2.19. The van der Waals surface area contributed by atoms with Crippen molar-refractivity contribution in [2.75, 3.05) is 6.61 Å². The second-order valence-corrected chi connectivity index (χ2v) is 4.26. The minimum atomic E-state index is -0.409. The summed E-state index contributed by atoms with van der Waals surface area (Å²) in [6.45, 7) is 2.06. The van der Waals surface area contributed by atoms with Gasteiger partial charge in [-0.25, -0.2) is 4.79 Å². The van der Waals surface area contributed by atoms with E-state index in [1.54, 1.807) is 55.7 Å². The maximum atomic E-state index is 12.1. The summed E-state index contributed by atoms with van der Waals surface area (Å²) in [5.41, 5.74) is 2.40. The van der Waals surface area contributed by atoms with Gasteiger partial charge < -0.3 is 4.74 Å². The Balaban J connectivity index is 2.46. The van der Waals surface area contributed by atoms with Gasteiger partial charge in [-0.15, -0.1) is 0 Å². The van der Waals surface area contributed by atoms with Crippen molar-refractivity contribution in [3.63, 3.8) is 0 Å². The fourth-order valence-electron chi connectivity index (χ4n) is 1.86. The van der Waals surface area contributed by atoms with Crippen LogP contribution in [0.4, 0.5) is 0 Å². The average molecular weight is 278 g/mol. The molecule has 0 aliphatic heterocycles. The van der Waals surface area contributed by atoms with E-state index in [-0.39, 0.29) is 0 Å². The van der Waals surface area contributed by atoms with E-state index in [9.17, 15) is 4.79 Å². The van der Waals surface area contributed by atoms with Crippen molar-refractivity contribution in [2.45, 2.75) is 6.92 Å². The number of carbonyl (C=O) groups is 1. The molecule has 4 nitrogen and oxygen atoms in total. The van der Waals surface area contributed by atoms with Gasteiger partial charge in [-0.05, 0) is 36.8 Å². The number of hydrogen-bond donors (Lipinski definition) is 0. The number of rotatable bonds is 4. The Morgan fingerprint density at radius 3 is 2.90 bits per heavy atom. The third-order valence-electron chi connectivity index (χ3n) is 2.79. The fraction of sp³-hybridized carbons (Fsp3) is 0.118. The van der Waals surface area contributed by atoms with Gasteiger partial charge in [-0.3, -0.25) is 4.98 Å². The van der Waals surface area contributed by atoms with E-state index in [1.165, 1.54) is 0 Å². The first kappa shape index (κ1) is 14.5. The second-order valence-electron chi connectivity index (χ2n) is 4.26. The van der Waals surface area contributed by atoms with Gasteiger partial charge in [-0.2, -0.15) is 5.26 Å². The first-order valence-electron chi connectivity index (χ1n) is 6.54. The minimum Gasteiger partial charge on any atom is -0.462 e. The lowest BCUT2D eigenvalue weighted by Crippen LogP contribution is -2.07. The number of carbonyl (C=O) groups excluding carboxylic acids is 1. The van der Waals surface area contributed by atoms with Gasteiger partial charge in [0.15, 0.2) is 0 Å². The summed E-state index contributed by atoms with van der Waals surface area (Å²) in [4.78, 5) is 16.1. The van der Waals surface area contributed by atoms with E-state index < -0.39 is 5.97 Å². The lowest BCUT2D eigenvalue weighted by molar-refractivity contribution is -0.136. The van der Waals surface area contributed by atoms with E-state index in [1.807, 2.05) is 6.07 Å². The smallest absolute Gasteiger partial charge is 0.338 e. The first-order chi connectivity index (χ1) is 10.2. The van der Waals surface area contributed by atoms with Crippen LogP contribution in [0.15, 0.2) is 48.8 Å². The first-order valence-corrected chi connectivity index (χ1v) is 6.54. The molecule has 0 aliphatic rings. The molecule has 0 spiro atoms. The van der Waals surface area contributed by atoms with E-state index in [0.717, 1.165) is 5.56 Å². The number of hydrogen-bond acceptors (Lipinski definition) is 4. The molecule has 0 amide bonds. The van der Waals surface area contributed by atoms with Crippen LogP contribution < -0.4 is 0 Å². The molecule has 104 valence electrons. The van der Waals surface area contributed by atoms with Crippen molar-refractivity contribution in [1.82, 2.24) is 4.98 Å². The number of esters is 1. The third kappa shape index (κ3) is 3.77. The van der Waals surface area contributed by atoms with E-state index in [0.29, 0.717) is 23.3 Å². The van der Waals surface area contributed by atoms with Crippen molar-refractivity contribution >= 4 is 17.6 Å². The molecule has 0 radical (unpaired) electrons. The Labute approximate surface area is 123 Å². The Kier molecular flexibility index (Phi) is 4.84. The van der Waals surface area contributed by atoms with Crippen LogP contribution in [0, 0.1) is 11.3 Å². The minimum absolute atomic E-state index is 0.300. The summed E-state index contributed by atoms with van der Waals surface area (Å²) in [6.07, 6.45) is 4.95. The zero-order valence-electron chi connectivity index (χ0n) is 11.6. The third-order valence-corrected chi connectivity index (χ3v) is 2.79. The van der Waals surface area contributed by atoms with Crippen molar-refractivity contribution in [1.29, 1.82) is 5.26 Å². The van der Waals surface area contributed by atoms with Gasteiger partial charge in [0.2, 0.25) is 0 Å². The van der Waals surface area contributed by atoms with Crippen LogP contribution in [-0.2, 0) is 9.53 Å². The van der Waals surface area contributed by atoms with Gasteiger partial charge >= 0.3 is 5.97 Å². The van der Waals surface area contributed by atoms with Crippen LogP contribution in [0.1, 0.15) is 23.6 Å². The normalized spacial score (nSPS) is 10.8. The zero-order chi connectivity index (χ0) is 15.1. The van der Waals surface area contributed by atoms with Gasteiger partial charge in [0.05, 0.1) is 23.8 Å². The van der Waals surface area contributed by atoms with Gasteiger partial charge in [0.1, 0.15) is 0 Å². The molecule has 0 saturated heterocycles. The maximum absolute atomic E-state index is 12.1. The molecule has 1 heterocycles. The predicted octanol–water partition coefficient (Wildman–Crippen LogP) is 3.06. The summed E-state index contributed by atoms with van der Waals surface area (Å²) >= 11 is 0. The van der Waals surface area contributed by atoms with Crippen molar-refractivity contribution < 1.29 is 9.53 Å². The molecule has 0 fully saturated rings. The summed E-state index contributed by atoms with van der Waals surface area (Å²) in [5, 5.41) is 8.93. The van der Waals surface area contributed by atoms with Crippen LogP contribution >= 0.6 is 0 Å². The highest BCUT2D eigenvalue weighted by Gasteiger charge is 2.13. The number of aromatic nitrogens is 1. The van der Waals surface area contributed by atoms with Gasteiger partial charge in [0.25, 0.3) is 0 Å². The number of ether oxygens (including phenoxy) is 1. The molecular formula is C17H14N2O2.